The van der Waals surface area contributed by atoms with Crippen molar-refractivity contribution in [2.75, 3.05) is 42.5 Å². The minimum Gasteiger partial charge on any atom is -0.415 e. The number of Topliss-reactive ketones (excluding diaryl/α,β-unsaturated/α-hetero) is 1. The third kappa shape index (κ3) is 11.5. The first-order valence-electron chi connectivity index (χ1n) is 22.9. The van der Waals surface area contributed by atoms with Gasteiger partial charge in [0.2, 0.25) is 5.89 Å². The van der Waals surface area contributed by atoms with Crippen molar-refractivity contribution in [3.05, 3.63) is 119 Å². The van der Waals surface area contributed by atoms with Crippen molar-refractivity contribution in [1.29, 1.82) is 0 Å². The molecule has 0 bridgehead atoms. The van der Waals surface area contributed by atoms with Crippen LogP contribution in [0.2, 0.25) is 0 Å². The smallest absolute Gasteiger partial charge is 0.324 e. The Hall–Kier alpha value is -7.78. The quantitative estimate of drug-likeness (QED) is 0.0927. The van der Waals surface area contributed by atoms with Gasteiger partial charge in [-0.2, -0.15) is 27.8 Å². The predicted molar refractivity (Wildman–Crippen MR) is 250 cm³/mol. The van der Waals surface area contributed by atoms with Gasteiger partial charge >= 0.3 is 24.9 Å². The van der Waals surface area contributed by atoms with Crippen LogP contribution in [0.5, 0.6) is 0 Å². The summed E-state index contributed by atoms with van der Waals surface area (Å²) in [5, 5.41) is 19.0. The van der Waals surface area contributed by atoms with E-state index in [4.69, 9.17) is 4.42 Å². The second-order valence-electron chi connectivity index (χ2n) is 17.2. The number of amides is 5. The van der Waals surface area contributed by atoms with E-state index in [9.17, 15) is 36.7 Å². The molecule has 0 spiro atoms. The summed E-state index contributed by atoms with van der Waals surface area (Å²) in [6.07, 6.45) is 3.07. The molecule has 5 amide bonds. The maximum Gasteiger partial charge on any atom is 0.324 e. The number of hydrogen-bond acceptors (Lipinski definition) is 9. The van der Waals surface area contributed by atoms with E-state index >= 15 is 8.78 Å². The van der Waals surface area contributed by atoms with Crippen molar-refractivity contribution < 1.29 is 49.9 Å². The molecule has 71 heavy (non-hydrogen) atoms. The molecule has 2 aliphatic heterocycles. The zero-order valence-electron chi connectivity index (χ0n) is 38.7. The standard InChI is InChI=1S/C25H26F3N5O3.C24H23F3N6O2/c1-31-21-12-19(8-7-17(21)13-30-31)33(25(36)32-9-3-2-4-10-32)15-18-6-5-16(11-20(18)26)22(34)14-29-24(35)23(27)28;1-31-20-12-18(8-7-16(20)13-28-31)33(24(34)32-9-3-2-4-10-32)14-17-6-5-15(11-19(17)25)22-29-30-23(35-22)21(26)27/h5-8,11-13,23H,2-4,9-10,14-15H2,1H3,(H,29,35);5-8,11-13,21H,2-4,9-10,14H2,1H3. The molecule has 3 aromatic heterocycles. The zero-order valence-corrected chi connectivity index (χ0v) is 38.7. The molecule has 0 radical (unpaired) electrons. The minimum atomic E-state index is -3.24. The van der Waals surface area contributed by atoms with E-state index < -0.39 is 48.6 Å². The molecule has 9 rings (SSSR count). The maximum absolute atomic E-state index is 15.1. The van der Waals surface area contributed by atoms with Crippen LogP contribution < -0.4 is 15.1 Å². The van der Waals surface area contributed by atoms with E-state index in [0.717, 1.165) is 72.5 Å². The van der Waals surface area contributed by atoms with Gasteiger partial charge in [0.15, 0.2) is 5.78 Å². The Bertz CT molecular complexity index is 3060. The first kappa shape index (κ1) is 49.6. The molecule has 2 aliphatic rings. The Morgan fingerprint density at radius 2 is 1.15 bits per heavy atom. The number of aryl methyl sites for hydroxylation is 2. The van der Waals surface area contributed by atoms with Crippen molar-refractivity contribution in [2.45, 2.75) is 64.5 Å². The SMILES string of the molecule is Cn1ncc2ccc(N(Cc3ccc(-c4nnc(C(F)F)o4)cc3F)C(=O)N3CCCCC3)cc21.Cn1ncc2ccc(N(Cc3ccc(C(=O)CNC(=O)C(F)F)cc3F)C(=O)N3CCCCC3)cc21. The van der Waals surface area contributed by atoms with Gasteiger partial charge in [0, 0.05) is 84.7 Å². The topological polar surface area (TPSA) is 168 Å². The summed E-state index contributed by atoms with van der Waals surface area (Å²) in [7, 11) is 3.61. The van der Waals surface area contributed by atoms with Crippen LogP contribution in [0.3, 0.4) is 0 Å². The molecule has 0 unspecified atom stereocenters. The largest absolute Gasteiger partial charge is 0.415 e. The number of hydrogen-bond donors (Lipinski definition) is 1. The van der Waals surface area contributed by atoms with Gasteiger partial charge in [-0.15, -0.1) is 10.2 Å². The molecule has 0 atom stereocenters. The number of benzene rings is 4. The summed E-state index contributed by atoms with van der Waals surface area (Å²) in [4.78, 5) is 56.8. The van der Waals surface area contributed by atoms with Crippen molar-refractivity contribution in [2.24, 2.45) is 14.1 Å². The summed E-state index contributed by atoms with van der Waals surface area (Å²) in [5.41, 5.74) is 3.41. The highest BCUT2D eigenvalue weighted by Crippen LogP contribution is 2.30. The summed E-state index contributed by atoms with van der Waals surface area (Å²) in [6.45, 7) is 1.75. The number of alkyl halides is 4. The van der Waals surface area contributed by atoms with Crippen LogP contribution in [0.25, 0.3) is 33.3 Å². The summed E-state index contributed by atoms with van der Waals surface area (Å²) in [6, 6.07) is 18.4. The number of carbonyl (C=O) groups excluding carboxylic acids is 4. The summed E-state index contributed by atoms with van der Waals surface area (Å²) >= 11 is 0. The van der Waals surface area contributed by atoms with Gasteiger partial charge in [-0.25, -0.2) is 18.4 Å². The molecule has 372 valence electrons. The number of piperidine rings is 2. The Labute approximate surface area is 402 Å². The van der Waals surface area contributed by atoms with E-state index in [1.54, 1.807) is 49.6 Å². The molecule has 1 N–H and O–H groups in total. The average Bonchev–Trinajstić information content (AvgIpc) is 4.13. The molecule has 7 aromatic rings. The Balaban J connectivity index is 0.000000190. The van der Waals surface area contributed by atoms with Crippen LogP contribution in [-0.2, 0) is 32.0 Å². The van der Waals surface area contributed by atoms with E-state index in [-0.39, 0.29) is 53.3 Å². The molecule has 4 aromatic carbocycles. The van der Waals surface area contributed by atoms with E-state index in [0.29, 0.717) is 37.6 Å². The highest BCUT2D eigenvalue weighted by Gasteiger charge is 2.28. The molecule has 5 heterocycles. The Morgan fingerprint density at radius 3 is 1.62 bits per heavy atom. The van der Waals surface area contributed by atoms with Gasteiger partial charge in [-0.05, 0) is 93.1 Å². The second kappa shape index (κ2) is 21.9. The number of aromatic nitrogens is 6. The Kier molecular flexibility index (Phi) is 15.3. The number of halogens is 6. The van der Waals surface area contributed by atoms with Crippen LogP contribution in [0, 0.1) is 11.6 Å². The fraction of sp³-hybridized carbons (Fsp3) is 0.347. The van der Waals surface area contributed by atoms with Crippen LogP contribution in [-0.4, -0.2) is 102 Å². The van der Waals surface area contributed by atoms with E-state index in [1.165, 1.54) is 29.2 Å². The lowest BCUT2D eigenvalue weighted by Gasteiger charge is -2.33. The van der Waals surface area contributed by atoms with Crippen LogP contribution >= 0.6 is 0 Å². The number of anilines is 2. The molecule has 22 heteroatoms. The maximum atomic E-state index is 15.1. The van der Waals surface area contributed by atoms with Crippen molar-refractivity contribution >= 4 is 56.9 Å². The van der Waals surface area contributed by atoms with Gasteiger partial charge in [0.25, 0.3) is 11.8 Å². The van der Waals surface area contributed by atoms with Crippen molar-refractivity contribution in [3.8, 4) is 11.5 Å². The number of fused-ring (bicyclic) bond motifs is 2. The van der Waals surface area contributed by atoms with Gasteiger partial charge in [-0.3, -0.25) is 28.8 Å². The molecular formula is C49H49F6N11O5. The first-order valence-corrected chi connectivity index (χ1v) is 22.9. The van der Waals surface area contributed by atoms with Crippen molar-refractivity contribution in [1.82, 2.24) is 44.9 Å². The lowest BCUT2D eigenvalue weighted by Crippen LogP contribution is -2.45. The average molecular weight is 986 g/mol. The number of urea groups is 2. The number of ketones is 1. The molecule has 2 fully saturated rings. The lowest BCUT2D eigenvalue weighted by molar-refractivity contribution is -0.131. The van der Waals surface area contributed by atoms with Gasteiger partial charge < -0.3 is 19.5 Å². The third-order valence-corrected chi connectivity index (χ3v) is 12.4. The number of rotatable bonds is 12. The van der Waals surface area contributed by atoms with Crippen LogP contribution in [0.15, 0.2) is 89.6 Å². The van der Waals surface area contributed by atoms with E-state index in [1.807, 2.05) is 42.7 Å². The molecule has 0 saturated carbocycles. The predicted octanol–water partition coefficient (Wildman–Crippen LogP) is 9.20. The second-order valence-corrected chi connectivity index (χ2v) is 17.2. The lowest BCUT2D eigenvalue weighted by atomic mass is 10.1. The zero-order chi connectivity index (χ0) is 50.3. The normalized spacial score (nSPS) is 13.9. The van der Waals surface area contributed by atoms with Crippen molar-refractivity contribution in [3.63, 3.8) is 0 Å². The van der Waals surface area contributed by atoms with Crippen LogP contribution in [0.1, 0.15) is 72.3 Å². The molecule has 16 nitrogen and oxygen atoms in total. The monoisotopic (exact) mass is 985 g/mol. The number of likely N-dealkylation sites (tertiary alicyclic amines) is 2. The minimum absolute atomic E-state index is 0.0169. The molecule has 2 saturated heterocycles. The fourth-order valence-electron chi connectivity index (χ4n) is 8.44. The van der Waals surface area contributed by atoms with Gasteiger partial charge in [0.05, 0.1) is 43.1 Å². The fourth-order valence-corrected chi connectivity index (χ4v) is 8.44. The van der Waals surface area contributed by atoms with Gasteiger partial charge in [-0.1, -0.05) is 18.2 Å². The molecular weight excluding hydrogens is 937 g/mol. The van der Waals surface area contributed by atoms with E-state index in [2.05, 4.69) is 20.4 Å². The summed E-state index contributed by atoms with van der Waals surface area (Å²) in [5.74, 6) is -4.64. The number of nitrogens with zero attached hydrogens (tertiary/aromatic N) is 10. The number of carbonyl (C=O) groups is 4. The number of nitrogens with one attached hydrogen (secondary N) is 1. The first-order chi connectivity index (χ1) is 34.1. The molecule has 0 aliphatic carbocycles. The van der Waals surface area contributed by atoms with Crippen LogP contribution in [0.4, 0.5) is 47.3 Å². The highest BCUT2D eigenvalue weighted by atomic mass is 19.3. The van der Waals surface area contributed by atoms with Gasteiger partial charge in [0.1, 0.15) is 11.6 Å². The Morgan fingerprint density at radius 1 is 0.648 bits per heavy atom. The third-order valence-electron chi connectivity index (χ3n) is 12.4. The summed E-state index contributed by atoms with van der Waals surface area (Å²) < 4.78 is 88.7. The highest BCUT2D eigenvalue weighted by molar-refractivity contribution is 6.00.